The van der Waals surface area contributed by atoms with Gasteiger partial charge in [-0.2, -0.15) is 0 Å². The monoisotopic (exact) mass is 143 g/mol. The van der Waals surface area contributed by atoms with Crippen LogP contribution in [0.1, 0.15) is 13.8 Å². The molecule has 0 spiro atoms. The topological polar surface area (TPSA) is 29.5 Å². The minimum absolute atomic E-state index is 0.0729. The Kier molecular flexibility index (Phi) is 1.83. The van der Waals surface area contributed by atoms with Gasteiger partial charge >= 0.3 is 6.09 Å². The van der Waals surface area contributed by atoms with Crippen molar-refractivity contribution in [1.82, 2.24) is 4.90 Å². The van der Waals surface area contributed by atoms with Crippen molar-refractivity contribution in [2.75, 3.05) is 13.6 Å². The summed E-state index contributed by atoms with van der Waals surface area (Å²) in [5, 5.41) is 0. The number of ether oxygens (including phenoxy) is 1. The van der Waals surface area contributed by atoms with E-state index in [1.807, 2.05) is 6.92 Å². The number of carbonyl (C=O) groups excluding carboxylic acids is 1. The van der Waals surface area contributed by atoms with Crippen LogP contribution in [0.2, 0.25) is 0 Å². The molecule has 0 aromatic rings. The lowest BCUT2D eigenvalue weighted by Crippen LogP contribution is -2.43. The molecule has 0 bridgehead atoms. The van der Waals surface area contributed by atoms with Crippen molar-refractivity contribution in [3.8, 4) is 0 Å². The van der Waals surface area contributed by atoms with E-state index in [1.165, 1.54) is 0 Å². The number of hydrogen-bond donors (Lipinski definition) is 0. The molecule has 0 unspecified atom stereocenters. The molecule has 0 aromatic heterocycles. The van der Waals surface area contributed by atoms with Gasteiger partial charge in [-0.15, -0.1) is 0 Å². The van der Waals surface area contributed by atoms with Gasteiger partial charge in [0.2, 0.25) is 0 Å². The third kappa shape index (κ3) is 1.23. The van der Waals surface area contributed by atoms with Gasteiger partial charge in [0.05, 0.1) is 0 Å². The second-order valence-electron chi connectivity index (χ2n) is 2.95. The van der Waals surface area contributed by atoms with Crippen LogP contribution in [-0.4, -0.2) is 30.7 Å². The third-order valence-corrected chi connectivity index (χ3v) is 1.96. The summed E-state index contributed by atoms with van der Waals surface area (Å²) >= 11 is 0. The molecule has 0 aliphatic carbocycles. The summed E-state index contributed by atoms with van der Waals surface area (Å²) in [5.41, 5.74) is 0. The molecule has 1 saturated heterocycles. The van der Waals surface area contributed by atoms with E-state index >= 15 is 0 Å². The Labute approximate surface area is 61.0 Å². The van der Waals surface area contributed by atoms with Crippen molar-refractivity contribution in [3.63, 3.8) is 0 Å². The van der Waals surface area contributed by atoms with E-state index in [9.17, 15) is 4.79 Å². The highest BCUT2D eigenvalue weighted by Gasteiger charge is 2.26. The van der Waals surface area contributed by atoms with Gasteiger partial charge < -0.3 is 9.64 Å². The molecule has 1 amide bonds. The summed E-state index contributed by atoms with van der Waals surface area (Å²) in [6.07, 6.45) is -0.130. The quantitative estimate of drug-likeness (QED) is 0.508. The maximum Gasteiger partial charge on any atom is 0.409 e. The minimum atomic E-state index is -0.203. The van der Waals surface area contributed by atoms with Crippen molar-refractivity contribution in [1.29, 1.82) is 0 Å². The Morgan fingerprint density at radius 2 is 2.20 bits per heavy atom. The molecule has 3 nitrogen and oxygen atoms in total. The molecule has 1 heterocycles. The van der Waals surface area contributed by atoms with Gasteiger partial charge in [0.1, 0.15) is 6.10 Å². The van der Waals surface area contributed by atoms with Crippen LogP contribution in [0.15, 0.2) is 0 Å². The Bertz CT molecular complexity index is 147. The molecule has 58 valence electrons. The van der Waals surface area contributed by atoms with Gasteiger partial charge in [0.15, 0.2) is 0 Å². The predicted octanol–water partition coefficient (Wildman–Crippen LogP) is 1.09. The first kappa shape index (κ1) is 7.38. The van der Waals surface area contributed by atoms with Crippen LogP contribution in [0, 0.1) is 5.92 Å². The lowest BCUT2D eigenvalue weighted by atomic mass is 10.1. The fourth-order valence-electron chi connectivity index (χ4n) is 1.02. The molecular formula is C7H13NO2. The summed E-state index contributed by atoms with van der Waals surface area (Å²) < 4.78 is 5.00. The van der Waals surface area contributed by atoms with Gasteiger partial charge in [0.25, 0.3) is 0 Å². The molecule has 1 fully saturated rings. The fourth-order valence-corrected chi connectivity index (χ4v) is 1.02. The van der Waals surface area contributed by atoms with Gasteiger partial charge in [-0.1, -0.05) is 6.92 Å². The van der Waals surface area contributed by atoms with E-state index < -0.39 is 0 Å². The summed E-state index contributed by atoms with van der Waals surface area (Å²) in [4.78, 5) is 12.5. The zero-order valence-corrected chi connectivity index (χ0v) is 6.63. The largest absolute Gasteiger partial charge is 0.446 e. The Hall–Kier alpha value is -0.730. The normalized spacial score (nSPS) is 33.9. The molecule has 1 aliphatic heterocycles. The van der Waals surface area contributed by atoms with E-state index in [4.69, 9.17) is 4.74 Å². The molecule has 2 atom stereocenters. The van der Waals surface area contributed by atoms with Crippen molar-refractivity contribution >= 4 is 6.09 Å². The number of carbonyl (C=O) groups is 1. The average Bonchev–Trinajstić information content (AvgIpc) is 1.84. The maximum atomic E-state index is 10.9. The summed E-state index contributed by atoms with van der Waals surface area (Å²) in [6.45, 7) is 4.81. The first-order valence-electron chi connectivity index (χ1n) is 3.53. The van der Waals surface area contributed by atoms with Crippen molar-refractivity contribution < 1.29 is 9.53 Å². The van der Waals surface area contributed by atoms with E-state index in [0.29, 0.717) is 5.92 Å². The number of nitrogens with zero attached hydrogens (tertiary/aromatic N) is 1. The molecule has 0 N–H and O–H groups in total. The lowest BCUT2D eigenvalue weighted by Gasteiger charge is -2.32. The van der Waals surface area contributed by atoms with Crippen molar-refractivity contribution in [2.24, 2.45) is 5.92 Å². The number of hydrogen-bond acceptors (Lipinski definition) is 2. The minimum Gasteiger partial charge on any atom is -0.446 e. The van der Waals surface area contributed by atoms with Crippen LogP contribution in [0.3, 0.4) is 0 Å². The molecular weight excluding hydrogens is 130 g/mol. The Balaban J connectivity index is 2.54. The molecule has 3 heteroatoms. The third-order valence-electron chi connectivity index (χ3n) is 1.96. The van der Waals surface area contributed by atoms with Crippen LogP contribution >= 0.6 is 0 Å². The number of amides is 1. The summed E-state index contributed by atoms with van der Waals surface area (Å²) in [6, 6.07) is 0. The highest BCUT2D eigenvalue weighted by atomic mass is 16.6. The van der Waals surface area contributed by atoms with E-state index in [-0.39, 0.29) is 12.2 Å². The van der Waals surface area contributed by atoms with Gasteiger partial charge in [-0.25, -0.2) is 4.79 Å². The molecule has 0 radical (unpaired) electrons. The van der Waals surface area contributed by atoms with Crippen molar-refractivity contribution in [3.05, 3.63) is 0 Å². The zero-order chi connectivity index (χ0) is 7.72. The van der Waals surface area contributed by atoms with Crippen LogP contribution in [0.5, 0.6) is 0 Å². The lowest BCUT2D eigenvalue weighted by molar-refractivity contribution is 0.0107. The molecule has 10 heavy (non-hydrogen) atoms. The first-order valence-corrected chi connectivity index (χ1v) is 3.53. The first-order chi connectivity index (χ1) is 4.61. The maximum absolute atomic E-state index is 10.9. The van der Waals surface area contributed by atoms with Crippen LogP contribution in [0.4, 0.5) is 4.79 Å². The van der Waals surface area contributed by atoms with E-state index in [1.54, 1.807) is 11.9 Å². The molecule has 1 aliphatic rings. The molecule has 0 aromatic carbocycles. The molecule has 1 rings (SSSR count). The highest BCUT2D eigenvalue weighted by molar-refractivity contribution is 5.68. The Morgan fingerprint density at radius 3 is 2.70 bits per heavy atom. The average molecular weight is 143 g/mol. The van der Waals surface area contributed by atoms with Crippen LogP contribution in [-0.2, 0) is 4.74 Å². The van der Waals surface area contributed by atoms with Crippen LogP contribution in [0.25, 0.3) is 0 Å². The zero-order valence-electron chi connectivity index (χ0n) is 6.63. The van der Waals surface area contributed by atoms with Crippen molar-refractivity contribution in [2.45, 2.75) is 20.0 Å². The van der Waals surface area contributed by atoms with E-state index in [2.05, 4.69) is 6.92 Å². The second-order valence-corrected chi connectivity index (χ2v) is 2.95. The standard InChI is InChI=1S/C7H13NO2/c1-5-4-8(3)7(9)10-6(5)2/h5-6H,4H2,1-3H3/t5-,6-/m1/s1. The number of cyclic esters (lactones) is 1. The highest BCUT2D eigenvalue weighted by Crippen LogP contribution is 2.15. The molecule has 0 saturated carbocycles. The SMILES string of the molecule is C[C@@H]1CN(C)C(=O)O[C@@H]1C. The second kappa shape index (κ2) is 2.48. The van der Waals surface area contributed by atoms with E-state index in [0.717, 1.165) is 6.54 Å². The number of rotatable bonds is 0. The Morgan fingerprint density at radius 1 is 1.60 bits per heavy atom. The summed E-state index contributed by atoms with van der Waals surface area (Å²) in [5.74, 6) is 0.447. The predicted molar refractivity (Wildman–Crippen MR) is 37.7 cm³/mol. The van der Waals surface area contributed by atoms with Gasteiger partial charge in [-0.3, -0.25) is 0 Å². The smallest absolute Gasteiger partial charge is 0.409 e. The van der Waals surface area contributed by atoms with Gasteiger partial charge in [0, 0.05) is 19.5 Å². The summed E-state index contributed by atoms with van der Waals surface area (Å²) in [7, 11) is 1.75. The van der Waals surface area contributed by atoms with Crippen LogP contribution < -0.4 is 0 Å². The van der Waals surface area contributed by atoms with Gasteiger partial charge in [-0.05, 0) is 6.92 Å². The fraction of sp³-hybridized carbons (Fsp3) is 0.857.